The molecule has 1 atom stereocenters. The molecule has 2 amide bonds. The molecule has 1 heterocycles. The minimum atomic E-state index is -3.85. The second kappa shape index (κ2) is 11.5. The maximum Gasteiger partial charge on any atom is 0.243 e. The molecule has 37 heavy (non-hydrogen) atoms. The van der Waals surface area contributed by atoms with Crippen LogP contribution in [0.4, 0.5) is 4.39 Å². The van der Waals surface area contributed by atoms with Crippen molar-refractivity contribution in [2.75, 3.05) is 19.6 Å². The van der Waals surface area contributed by atoms with Crippen molar-refractivity contribution in [3.05, 3.63) is 65.5 Å². The summed E-state index contributed by atoms with van der Waals surface area (Å²) in [6.07, 6.45) is 2.54. The van der Waals surface area contributed by atoms with Gasteiger partial charge in [0.05, 0.1) is 11.4 Å². The van der Waals surface area contributed by atoms with E-state index in [4.69, 9.17) is 11.6 Å². The van der Waals surface area contributed by atoms with Crippen molar-refractivity contribution < 1.29 is 22.4 Å². The highest BCUT2D eigenvalue weighted by atomic mass is 35.5. The van der Waals surface area contributed by atoms with Crippen LogP contribution in [0.2, 0.25) is 0 Å². The first-order chi connectivity index (χ1) is 17.6. The molecule has 0 radical (unpaired) electrons. The lowest BCUT2D eigenvalue weighted by atomic mass is 10.0. The molecule has 1 saturated heterocycles. The maximum absolute atomic E-state index is 13.8. The molecule has 2 fully saturated rings. The fourth-order valence-electron chi connectivity index (χ4n) is 4.70. The van der Waals surface area contributed by atoms with Gasteiger partial charge in [0.15, 0.2) is 0 Å². The first kappa shape index (κ1) is 27.5. The number of rotatable bonds is 9. The molecule has 200 valence electrons. The summed E-state index contributed by atoms with van der Waals surface area (Å²) in [6, 6.07) is 12.2. The minimum Gasteiger partial charge on any atom is -0.341 e. The van der Waals surface area contributed by atoms with Crippen molar-refractivity contribution in [3.8, 4) is 0 Å². The van der Waals surface area contributed by atoms with Crippen LogP contribution in [0.25, 0.3) is 0 Å². The quantitative estimate of drug-likeness (QED) is 0.444. The number of hydrogen-bond donors (Lipinski definition) is 0. The zero-order valence-electron chi connectivity index (χ0n) is 21.1. The molecule has 0 bridgehead atoms. The van der Waals surface area contributed by atoms with E-state index in [0.29, 0.717) is 38.8 Å². The zero-order chi connectivity index (χ0) is 26.7. The third-order valence-corrected chi connectivity index (χ3v) is 9.12. The summed E-state index contributed by atoms with van der Waals surface area (Å²) in [4.78, 5) is 29.7. The third kappa shape index (κ3) is 6.69. The average molecular weight is 550 g/mol. The van der Waals surface area contributed by atoms with E-state index >= 15 is 0 Å². The van der Waals surface area contributed by atoms with Gasteiger partial charge in [-0.15, -0.1) is 11.6 Å². The summed E-state index contributed by atoms with van der Waals surface area (Å²) in [6.45, 7) is 4.41. The second-order valence-corrected chi connectivity index (χ2v) is 12.5. The molecule has 7 nitrogen and oxygen atoms in total. The van der Waals surface area contributed by atoms with Gasteiger partial charge in [-0.05, 0) is 69.4 Å². The van der Waals surface area contributed by atoms with Gasteiger partial charge in [0, 0.05) is 31.7 Å². The SMILES string of the molecule is Cc1ccc(S(=O)(=O)N(CC(=O)N(Cc2ccc(F)cc2)C2CCN(C(=O)[C@H](C)Cl)CC2)C2CC2)cc1. The number of amides is 2. The summed E-state index contributed by atoms with van der Waals surface area (Å²) in [5, 5.41) is -0.618. The summed E-state index contributed by atoms with van der Waals surface area (Å²) in [5.41, 5.74) is 1.70. The zero-order valence-corrected chi connectivity index (χ0v) is 22.7. The Morgan fingerprint density at radius 3 is 2.14 bits per heavy atom. The van der Waals surface area contributed by atoms with Gasteiger partial charge >= 0.3 is 0 Å². The van der Waals surface area contributed by atoms with Crippen LogP contribution in [0, 0.1) is 12.7 Å². The molecule has 0 spiro atoms. The Hall–Kier alpha value is -2.49. The molecule has 1 saturated carbocycles. The van der Waals surface area contributed by atoms with Gasteiger partial charge in [0.1, 0.15) is 11.2 Å². The predicted molar refractivity (Wildman–Crippen MR) is 140 cm³/mol. The largest absolute Gasteiger partial charge is 0.341 e. The molecule has 1 aliphatic carbocycles. The molecule has 0 aromatic heterocycles. The standard InChI is InChI=1S/C27H33ClFN3O4S/c1-19-3-11-25(12-4-19)37(35,36)32(24-9-10-24)18-26(33)31(17-21-5-7-22(29)8-6-21)23-13-15-30(16-14-23)27(34)20(2)28/h3-8,11-12,20,23-24H,9-10,13-18H2,1-2H3/t20-/m0/s1. The van der Waals surface area contributed by atoms with Gasteiger partial charge in [-0.1, -0.05) is 29.8 Å². The van der Waals surface area contributed by atoms with E-state index in [1.54, 1.807) is 53.1 Å². The van der Waals surface area contributed by atoms with E-state index in [1.165, 1.54) is 16.4 Å². The number of carbonyl (C=O) groups is 2. The molecule has 4 rings (SSSR count). The summed E-state index contributed by atoms with van der Waals surface area (Å²) < 4.78 is 41.8. The lowest BCUT2D eigenvalue weighted by Crippen LogP contribution is -2.52. The maximum atomic E-state index is 13.8. The van der Waals surface area contributed by atoms with Crippen LogP contribution < -0.4 is 0 Å². The molecule has 2 aliphatic rings. The van der Waals surface area contributed by atoms with Crippen molar-refractivity contribution in [2.45, 2.75) is 68.4 Å². The predicted octanol–water partition coefficient (Wildman–Crippen LogP) is 3.93. The van der Waals surface area contributed by atoms with Crippen LogP contribution in [0.3, 0.4) is 0 Å². The molecule has 2 aromatic rings. The molecular formula is C27H33ClFN3O4S. The number of halogens is 2. The van der Waals surface area contributed by atoms with E-state index in [-0.39, 0.29) is 47.7 Å². The van der Waals surface area contributed by atoms with E-state index < -0.39 is 15.4 Å². The number of carbonyl (C=O) groups excluding carboxylic acids is 2. The van der Waals surface area contributed by atoms with Gasteiger partial charge in [0.25, 0.3) is 0 Å². The first-order valence-electron chi connectivity index (χ1n) is 12.6. The minimum absolute atomic E-state index is 0.138. The topological polar surface area (TPSA) is 78.0 Å². The molecule has 0 N–H and O–H groups in total. The van der Waals surface area contributed by atoms with Crippen LogP contribution in [0.5, 0.6) is 0 Å². The highest BCUT2D eigenvalue weighted by Gasteiger charge is 2.41. The first-order valence-corrected chi connectivity index (χ1v) is 14.5. The van der Waals surface area contributed by atoms with Crippen LogP contribution in [-0.4, -0.2) is 71.4 Å². The van der Waals surface area contributed by atoms with Gasteiger partial charge in [-0.2, -0.15) is 4.31 Å². The number of likely N-dealkylation sites (tertiary alicyclic amines) is 1. The molecule has 1 aliphatic heterocycles. The Bertz CT molecular complexity index is 1210. The lowest BCUT2D eigenvalue weighted by molar-refractivity contribution is -0.137. The Labute approximate surface area is 223 Å². The van der Waals surface area contributed by atoms with Gasteiger partial charge in [-0.25, -0.2) is 12.8 Å². The number of piperidine rings is 1. The Balaban J connectivity index is 1.55. The average Bonchev–Trinajstić information content (AvgIpc) is 3.72. The van der Waals surface area contributed by atoms with Crippen LogP contribution in [0.1, 0.15) is 43.7 Å². The number of sulfonamides is 1. The highest BCUT2D eigenvalue weighted by Crippen LogP contribution is 2.32. The Morgan fingerprint density at radius 2 is 1.59 bits per heavy atom. The number of aryl methyl sites for hydroxylation is 1. The van der Waals surface area contributed by atoms with Crippen molar-refractivity contribution >= 4 is 33.4 Å². The number of benzene rings is 2. The smallest absolute Gasteiger partial charge is 0.243 e. The van der Waals surface area contributed by atoms with Crippen molar-refractivity contribution in [1.29, 1.82) is 0 Å². The Kier molecular flexibility index (Phi) is 8.56. The van der Waals surface area contributed by atoms with E-state index in [1.807, 2.05) is 6.92 Å². The van der Waals surface area contributed by atoms with Crippen LogP contribution >= 0.6 is 11.6 Å². The second-order valence-electron chi connectivity index (χ2n) is 9.92. The summed E-state index contributed by atoms with van der Waals surface area (Å²) in [5.74, 6) is -0.809. The number of nitrogens with zero attached hydrogens (tertiary/aromatic N) is 3. The number of hydrogen-bond acceptors (Lipinski definition) is 4. The van der Waals surface area contributed by atoms with Crippen molar-refractivity contribution in [1.82, 2.24) is 14.1 Å². The van der Waals surface area contributed by atoms with Gasteiger partial charge in [-0.3, -0.25) is 9.59 Å². The van der Waals surface area contributed by atoms with Crippen molar-refractivity contribution in [3.63, 3.8) is 0 Å². The highest BCUT2D eigenvalue weighted by molar-refractivity contribution is 7.89. The van der Waals surface area contributed by atoms with E-state index in [9.17, 15) is 22.4 Å². The molecule has 0 unspecified atom stereocenters. The van der Waals surface area contributed by atoms with Crippen LogP contribution in [-0.2, 0) is 26.2 Å². The van der Waals surface area contributed by atoms with Crippen molar-refractivity contribution in [2.24, 2.45) is 0 Å². The van der Waals surface area contributed by atoms with E-state index in [0.717, 1.165) is 11.1 Å². The lowest BCUT2D eigenvalue weighted by Gasteiger charge is -2.39. The molecule has 2 aromatic carbocycles. The summed E-state index contributed by atoms with van der Waals surface area (Å²) in [7, 11) is -3.85. The van der Waals surface area contributed by atoms with Crippen LogP contribution in [0.15, 0.2) is 53.4 Å². The van der Waals surface area contributed by atoms with Gasteiger partial charge in [0.2, 0.25) is 21.8 Å². The normalized spacial score (nSPS) is 17.6. The summed E-state index contributed by atoms with van der Waals surface area (Å²) >= 11 is 5.98. The van der Waals surface area contributed by atoms with E-state index in [2.05, 4.69) is 0 Å². The monoisotopic (exact) mass is 549 g/mol. The fourth-order valence-corrected chi connectivity index (χ4v) is 6.47. The molecular weight excluding hydrogens is 517 g/mol. The Morgan fingerprint density at radius 1 is 1.00 bits per heavy atom. The number of alkyl halides is 1. The molecule has 10 heteroatoms. The third-order valence-electron chi connectivity index (χ3n) is 7.02. The fraction of sp³-hybridized carbons (Fsp3) is 0.481. The van der Waals surface area contributed by atoms with Gasteiger partial charge < -0.3 is 9.80 Å².